The average molecular weight is 298 g/mol. The molecule has 1 heterocycles. The van der Waals surface area contributed by atoms with Gasteiger partial charge < -0.3 is 5.32 Å². The summed E-state index contributed by atoms with van der Waals surface area (Å²) in [7, 11) is 0. The van der Waals surface area contributed by atoms with E-state index in [2.05, 4.69) is 24.3 Å². The molecule has 2 rings (SSSR count). The summed E-state index contributed by atoms with van der Waals surface area (Å²) in [5.41, 5.74) is 0.498. The van der Waals surface area contributed by atoms with Crippen molar-refractivity contribution >= 4 is 17.3 Å². The molecule has 2 unspecified atom stereocenters. The first-order chi connectivity index (χ1) is 9.61. The zero-order valence-corrected chi connectivity index (χ0v) is 13.1. The number of halogens is 1. The number of hydrogen-bond donors (Lipinski definition) is 1. The Kier molecular flexibility index (Phi) is 5.46. The molecule has 0 aliphatic heterocycles. The zero-order chi connectivity index (χ0) is 14.5. The Hall–Kier alpha value is -1.03. The van der Waals surface area contributed by atoms with Crippen molar-refractivity contribution in [3.8, 4) is 0 Å². The summed E-state index contributed by atoms with van der Waals surface area (Å²) in [6, 6.07) is 0.406. The molecule has 0 saturated heterocycles. The summed E-state index contributed by atoms with van der Waals surface area (Å²) in [5, 5.41) is 7.89. The molecule has 4 nitrogen and oxygen atoms in total. The van der Waals surface area contributed by atoms with Gasteiger partial charge in [-0.05, 0) is 25.2 Å². The minimum Gasteiger partial charge on any atom is -0.380 e. The first-order valence-corrected chi connectivity index (χ1v) is 8.01. The lowest BCUT2D eigenvalue weighted by Crippen LogP contribution is -2.29. The van der Waals surface area contributed by atoms with Crippen molar-refractivity contribution < 1.29 is 0 Å². The standard InChI is InChI=1S/C15H24ClN3O/c1-3-4-8-19-15(20)14(16)13(10-17-19)18-12-7-5-6-11(2)9-12/h10-12,18H,3-9H2,1-2H3. The highest BCUT2D eigenvalue weighted by Crippen LogP contribution is 2.27. The van der Waals surface area contributed by atoms with E-state index in [4.69, 9.17) is 11.6 Å². The van der Waals surface area contributed by atoms with Crippen LogP contribution in [-0.2, 0) is 6.54 Å². The van der Waals surface area contributed by atoms with E-state index in [9.17, 15) is 4.79 Å². The zero-order valence-electron chi connectivity index (χ0n) is 12.4. The highest BCUT2D eigenvalue weighted by molar-refractivity contribution is 6.32. The minimum absolute atomic E-state index is 0.186. The van der Waals surface area contributed by atoms with Gasteiger partial charge in [-0.25, -0.2) is 4.68 Å². The molecule has 0 radical (unpaired) electrons. The van der Waals surface area contributed by atoms with Crippen LogP contribution in [0, 0.1) is 5.92 Å². The van der Waals surface area contributed by atoms with Gasteiger partial charge in [-0.1, -0.05) is 44.7 Å². The Morgan fingerprint density at radius 1 is 1.50 bits per heavy atom. The molecule has 1 aromatic heterocycles. The Morgan fingerprint density at radius 2 is 2.30 bits per heavy atom. The number of rotatable bonds is 5. The molecule has 20 heavy (non-hydrogen) atoms. The van der Waals surface area contributed by atoms with Crippen LogP contribution in [0.4, 0.5) is 5.69 Å². The number of aromatic nitrogens is 2. The van der Waals surface area contributed by atoms with E-state index in [1.165, 1.54) is 17.5 Å². The van der Waals surface area contributed by atoms with Gasteiger partial charge in [0.25, 0.3) is 5.56 Å². The topological polar surface area (TPSA) is 46.9 Å². The van der Waals surface area contributed by atoms with Crippen molar-refractivity contribution in [2.24, 2.45) is 5.92 Å². The van der Waals surface area contributed by atoms with Crippen molar-refractivity contribution in [1.82, 2.24) is 9.78 Å². The lowest BCUT2D eigenvalue weighted by molar-refractivity contribution is 0.358. The molecule has 1 fully saturated rings. The second-order valence-corrected chi connectivity index (χ2v) is 6.25. The van der Waals surface area contributed by atoms with Crippen LogP contribution in [0.1, 0.15) is 52.4 Å². The first kappa shape index (κ1) is 15.4. The van der Waals surface area contributed by atoms with E-state index in [1.54, 1.807) is 6.20 Å². The molecule has 1 saturated carbocycles. The fourth-order valence-electron chi connectivity index (χ4n) is 2.82. The monoisotopic (exact) mass is 297 g/mol. The van der Waals surface area contributed by atoms with Gasteiger partial charge in [-0.3, -0.25) is 4.79 Å². The van der Waals surface area contributed by atoms with Crippen LogP contribution in [0.25, 0.3) is 0 Å². The van der Waals surface area contributed by atoms with Crippen molar-refractivity contribution in [2.75, 3.05) is 5.32 Å². The third-order valence-electron chi connectivity index (χ3n) is 4.00. The summed E-state index contributed by atoms with van der Waals surface area (Å²) in [5.74, 6) is 0.734. The van der Waals surface area contributed by atoms with E-state index in [1.807, 2.05) is 0 Å². The summed E-state index contributed by atoms with van der Waals surface area (Å²) in [4.78, 5) is 12.1. The molecule has 2 atom stereocenters. The fourth-order valence-corrected chi connectivity index (χ4v) is 3.02. The van der Waals surface area contributed by atoms with Crippen LogP contribution in [0.5, 0.6) is 0 Å². The van der Waals surface area contributed by atoms with Gasteiger partial charge in [0.05, 0.1) is 11.9 Å². The molecular weight excluding hydrogens is 274 g/mol. The number of hydrogen-bond acceptors (Lipinski definition) is 3. The van der Waals surface area contributed by atoms with Crippen molar-refractivity contribution in [3.63, 3.8) is 0 Å². The molecular formula is C15H24ClN3O. The minimum atomic E-state index is -0.186. The smallest absolute Gasteiger partial charge is 0.287 e. The number of anilines is 1. The van der Waals surface area contributed by atoms with Gasteiger partial charge >= 0.3 is 0 Å². The predicted octanol–water partition coefficient (Wildman–Crippen LogP) is 3.69. The average Bonchev–Trinajstić information content (AvgIpc) is 2.43. The lowest BCUT2D eigenvalue weighted by Gasteiger charge is -2.28. The largest absolute Gasteiger partial charge is 0.380 e. The Labute approximate surface area is 125 Å². The highest BCUT2D eigenvalue weighted by Gasteiger charge is 2.20. The Bertz CT molecular complexity index is 500. The quantitative estimate of drug-likeness (QED) is 0.901. The van der Waals surface area contributed by atoms with E-state index >= 15 is 0 Å². The molecule has 1 N–H and O–H groups in total. The maximum Gasteiger partial charge on any atom is 0.287 e. The number of nitrogens with one attached hydrogen (secondary N) is 1. The van der Waals surface area contributed by atoms with Gasteiger partial charge in [-0.2, -0.15) is 5.10 Å². The molecule has 1 aromatic rings. The summed E-state index contributed by atoms with van der Waals surface area (Å²) < 4.78 is 1.46. The van der Waals surface area contributed by atoms with E-state index in [0.29, 0.717) is 18.3 Å². The van der Waals surface area contributed by atoms with Crippen LogP contribution < -0.4 is 10.9 Å². The van der Waals surface area contributed by atoms with Crippen molar-refractivity contribution in [3.05, 3.63) is 21.6 Å². The Balaban J connectivity index is 2.09. The van der Waals surface area contributed by atoms with E-state index < -0.39 is 0 Å². The van der Waals surface area contributed by atoms with E-state index in [-0.39, 0.29) is 10.6 Å². The molecule has 0 amide bonds. The normalized spacial score (nSPS) is 22.8. The molecule has 0 bridgehead atoms. The maximum atomic E-state index is 12.1. The maximum absolute atomic E-state index is 12.1. The van der Waals surface area contributed by atoms with E-state index in [0.717, 1.165) is 31.6 Å². The fraction of sp³-hybridized carbons (Fsp3) is 0.733. The number of nitrogens with zero attached hydrogens (tertiary/aromatic N) is 2. The Morgan fingerprint density at radius 3 is 3.00 bits per heavy atom. The third-order valence-corrected chi connectivity index (χ3v) is 4.37. The summed E-state index contributed by atoms with van der Waals surface area (Å²) in [6.45, 7) is 5.00. The van der Waals surface area contributed by atoms with Crippen molar-refractivity contribution in [2.45, 2.75) is 65.0 Å². The van der Waals surface area contributed by atoms with Gasteiger partial charge in [-0.15, -0.1) is 0 Å². The predicted molar refractivity (Wildman–Crippen MR) is 83.5 cm³/mol. The van der Waals surface area contributed by atoms with Gasteiger partial charge in [0.15, 0.2) is 0 Å². The molecule has 112 valence electrons. The molecule has 1 aliphatic carbocycles. The van der Waals surface area contributed by atoms with Crippen LogP contribution in [0.2, 0.25) is 5.02 Å². The molecule has 1 aliphatic rings. The number of aryl methyl sites for hydroxylation is 1. The first-order valence-electron chi connectivity index (χ1n) is 7.64. The van der Waals surface area contributed by atoms with Crippen LogP contribution in [0.3, 0.4) is 0 Å². The lowest BCUT2D eigenvalue weighted by atomic mass is 9.87. The second-order valence-electron chi connectivity index (χ2n) is 5.87. The summed E-state index contributed by atoms with van der Waals surface area (Å²) in [6.07, 6.45) is 8.47. The molecule has 5 heteroatoms. The van der Waals surface area contributed by atoms with Gasteiger partial charge in [0.1, 0.15) is 5.02 Å². The van der Waals surface area contributed by atoms with Gasteiger partial charge in [0.2, 0.25) is 0 Å². The SMILES string of the molecule is CCCCn1ncc(NC2CCCC(C)C2)c(Cl)c1=O. The highest BCUT2D eigenvalue weighted by atomic mass is 35.5. The van der Waals surface area contributed by atoms with Crippen LogP contribution >= 0.6 is 11.6 Å². The summed E-state index contributed by atoms with van der Waals surface area (Å²) >= 11 is 6.20. The molecule has 0 aromatic carbocycles. The van der Waals surface area contributed by atoms with Crippen LogP contribution in [-0.4, -0.2) is 15.8 Å². The second kappa shape index (κ2) is 7.11. The number of unbranched alkanes of at least 4 members (excludes halogenated alkanes) is 1. The third kappa shape index (κ3) is 3.75. The molecule has 0 spiro atoms. The van der Waals surface area contributed by atoms with Crippen molar-refractivity contribution in [1.29, 1.82) is 0 Å². The van der Waals surface area contributed by atoms with Gasteiger partial charge in [0, 0.05) is 12.6 Å². The van der Waals surface area contributed by atoms with Crippen LogP contribution in [0.15, 0.2) is 11.0 Å².